The molecule has 1 aliphatic heterocycles. The average Bonchev–Trinajstić information content (AvgIpc) is 2.68. The molecule has 5 heteroatoms. The number of nitrogens with one attached hydrogen (secondary N) is 1. The van der Waals surface area contributed by atoms with E-state index in [1.807, 2.05) is 0 Å². The van der Waals surface area contributed by atoms with Crippen molar-refractivity contribution in [2.45, 2.75) is 25.9 Å². The van der Waals surface area contributed by atoms with Crippen molar-refractivity contribution < 1.29 is 13.2 Å². The van der Waals surface area contributed by atoms with Crippen molar-refractivity contribution in [3.8, 4) is 0 Å². The minimum Gasteiger partial charge on any atom is -0.316 e. The van der Waals surface area contributed by atoms with E-state index in [-0.39, 0.29) is 0 Å². The first-order valence-electron chi connectivity index (χ1n) is 5.70. The number of pyridine rings is 1. The summed E-state index contributed by atoms with van der Waals surface area (Å²) in [6, 6.07) is 2.92. The molecule has 1 aromatic rings. The van der Waals surface area contributed by atoms with Crippen molar-refractivity contribution in [2.24, 2.45) is 5.92 Å². The van der Waals surface area contributed by atoms with Crippen molar-refractivity contribution in [3.05, 3.63) is 29.1 Å². The molecule has 0 radical (unpaired) electrons. The van der Waals surface area contributed by atoms with Gasteiger partial charge in [-0.15, -0.1) is 0 Å². The van der Waals surface area contributed by atoms with E-state index in [2.05, 4.69) is 10.3 Å². The lowest BCUT2D eigenvalue weighted by molar-refractivity contribution is -0.141. The second kappa shape index (κ2) is 4.64. The van der Waals surface area contributed by atoms with Gasteiger partial charge in [0.05, 0.1) is 0 Å². The van der Waals surface area contributed by atoms with Crippen molar-refractivity contribution in [1.82, 2.24) is 10.3 Å². The van der Waals surface area contributed by atoms with E-state index >= 15 is 0 Å². The third kappa shape index (κ3) is 3.19. The summed E-state index contributed by atoms with van der Waals surface area (Å²) in [6.45, 7) is 3.45. The summed E-state index contributed by atoms with van der Waals surface area (Å²) in [6.07, 6.45) is -2.63. The fourth-order valence-electron chi connectivity index (χ4n) is 2.23. The van der Waals surface area contributed by atoms with Crippen LogP contribution in [0.15, 0.2) is 12.1 Å². The van der Waals surface area contributed by atoms with Gasteiger partial charge in [0.15, 0.2) is 0 Å². The zero-order valence-electron chi connectivity index (χ0n) is 9.64. The van der Waals surface area contributed by atoms with E-state index in [0.717, 1.165) is 25.1 Å². The van der Waals surface area contributed by atoms with Crippen LogP contribution >= 0.6 is 0 Å². The van der Waals surface area contributed by atoms with E-state index in [9.17, 15) is 13.2 Å². The Balaban J connectivity index is 2.19. The largest absolute Gasteiger partial charge is 0.433 e. The van der Waals surface area contributed by atoms with Crippen LogP contribution in [0.1, 0.15) is 23.4 Å². The summed E-state index contributed by atoms with van der Waals surface area (Å²) in [4.78, 5) is 3.54. The Morgan fingerprint density at radius 2 is 2.18 bits per heavy atom. The van der Waals surface area contributed by atoms with Gasteiger partial charge in [-0.2, -0.15) is 13.2 Å². The van der Waals surface area contributed by atoms with E-state index in [4.69, 9.17) is 0 Å². The maximum absolute atomic E-state index is 12.6. The highest BCUT2D eigenvalue weighted by atomic mass is 19.4. The summed E-state index contributed by atoms with van der Waals surface area (Å²) in [5, 5.41) is 3.21. The number of hydrogen-bond acceptors (Lipinski definition) is 2. The molecule has 0 aromatic carbocycles. The molecule has 1 aromatic heterocycles. The Bertz CT molecular complexity index is 395. The van der Waals surface area contributed by atoms with Crippen LogP contribution in [0.4, 0.5) is 13.2 Å². The summed E-state index contributed by atoms with van der Waals surface area (Å²) < 4.78 is 37.8. The van der Waals surface area contributed by atoms with Gasteiger partial charge in [0, 0.05) is 5.69 Å². The maximum atomic E-state index is 12.6. The Morgan fingerprint density at radius 1 is 1.41 bits per heavy atom. The Morgan fingerprint density at radius 3 is 2.76 bits per heavy atom. The number of aromatic nitrogens is 1. The molecule has 94 valence electrons. The molecule has 0 spiro atoms. The van der Waals surface area contributed by atoms with Gasteiger partial charge in [-0.25, -0.2) is 4.98 Å². The van der Waals surface area contributed by atoms with Crippen molar-refractivity contribution in [3.63, 3.8) is 0 Å². The van der Waals surface area contributed by atoms with Crippen LogP contribution in [-0.2, 0) is 12.6 Å². The number of nitrogens with zero attached hydrogens (tertiary/aromatic N) is 1. The number of alkyl halides is 3. The number of halogens is 3. The van der Waals surface area contributed by atoms with E-state index < -0.39 is 11.9 Å². The van der Waals surface area contributed by atoms with Gasteiger partial charge in [0.25, 0.3) is 0 Å². The molecule has 0 saturated carbocycles. The fraction of sp³-hybridized carbons (Fsp3) is 0.583. The van der Waals surface area contributed by atoms with Gasteiger partial charge in [-0.05, 0) is 56.5 Å². The summed E-state index contributed by atoms with van der Waals surface area (Å²) in [5.41, 5.74) is 0.387. The van der Waals surface area contributed by atoms with Crippen LogP contribution in [0.25, 0.3) is 0 Å². The van der Waals surface area contributed by atoms with Crippen LogP contribution in [0.2, 0.25) is 0 Å². The quantitative estimate of drug-likeness (QED) is 0.864. The first kappa shape index (κ1) is 12.4. The van der Waals surface area contributed by atoms with Gasteiger partial charge in [0.2, 0.25) is 0 Å². The van der Waals surface area contributed by atoms with Crippen LogP contribution < -0.4 is 5.32 Å². The smallest absolute Gasteiger partial charge is 0.316 e. The lowest BCUT2D eigenvalue weighted by Gasteiger charge is -2.12. The minimum atomic E-state index is -4.35. The molecule has 2 rings (SSSR count). The molecule has 1 fully saturated rings. The van der Waals surface area contributed by atoms with Crippen LogP contribution in [0.5, 0.6) is 0 Å². The molecule has 2 nitrogen and oxygen atoms in total. The van der Waals surface area contributed by atoms with Gasteiger partial charge in [-0.3, -0.25) is 0 Å². The maximum Gasteiger partial charge on any atom is 0.433 e. The average molecular weight is 244 g/mol. The molecule has 0 unspecified atom stereocenters. The lowest BCUT2D eigenvalue weighted by atomic mass is 9.98. The molecule has 1 atom stereocenters. The van der Waals surface area contributed by atoms with Gasteiger partial charge in [0.1, 0.15) is 5.69 Å². The van der Waals surface area contributed by atoms with E-state index in [0.29, 0.717) is 18.0 Å². The molecule has 0 bridgehead atoms. The number of hydrogen-bond donors (Lipinski definition) is 1. The van der Waals surface area contributed by atoms with Crippen LogP contribution in [-0.4, -0.2) is 18.1 Å². The molecule has 17 heavy (non-hydrogen) atoms. The van der Waals surface area contributed by atoms with Crippen molar-refractivity contribution >= 4 is 0 Å². The van der Waals surface area contributed by atoms with Crippen molar-refractivity contribution in [1.29, 1.82) is 0 Å². The SMILES string of the molecule is Cc1cc(C[C@H]2CCNC2)cc(C(F)(F)F)n1. The monoisotopic (exact) mass is 244 g/mol. The highest BCUT2D eigenvalue weighted by molar-refractivity contribution is 5.23. The summed E-state index contributed by atoms with van der Waals surface area (Å²) >= 11 is 0. The fourth-order valence-corrected chi connectivity index (χ4v) is 2.23. The third-order valence-electron chi connectivity index (χ3n) is 2.99. The number of aryl methyl sites for hydroxylation is 1. The van der Waals surface area contributed by atoms with E-state index in [1.165, 1.54) is 6.07 Å². The second-order valence-electron chi connectivity index (χ2n) is 4.56. The molecule has 2 heterocycles. The topological polar surface area (TPSA) is 24.9 Å². The summed E-state index contributed by atoms with van der Waals surface area (Å²) in [7, 11) is 0. The van der Waals surface area contributed by atoms with Crippen molar-refractivity contribution in [2.75, 3.05) is 13.1 Å². The first-order valence-corrected chi connectivity index (χ1v) is 5.70. The number of rotatable bonds is 2. The molecule has 0 aliphatic carbocycles. The molecule has 1 saturated heterocycles. The first-order chi connectivity index (χ1) is 7.95. The predicted octanol–water partition coefficient (Wildman–Crippen LogP) is 2.56. The Kier molecular flexibility index (Phi) is 3.38. The highest BCUT2D eigenvalue weighted by Gasteiger charge is 2.33. The highest BCUT2D eigenvalue weighted by Crippen LogP contribution is 2.29. The molecule has 0 amide bonds. The van der Waals surface area contributed by atoms with Crippen LogP contribution in [0.3, 0.4) is 0 Å². The van der Waals surface area contributed by atoms with E-state index in [1.54, 1.807) is 13.0 Å². The standard InChI is InChI=1S/C12H15F3N2/c1-8-4-10(5-9-2-3-16-7-9)6-11(17-8)12(13,14)15/h4,6,9,16H,2-3,5,7H2,1H3/t9-/m1/s1. The summed E-state index contributed by atoms with van der Waals surface area (Å²) in [5.74, 6) is 0.442. The minimum absolute atomic E-state index is 0.431. The molecular weight excluding hydrogens is 229 g/mol. The Labute approximate surface area is 98.2 Å². The van der Waals surface area contributed by atoms with Gasteiger partial charge >= 0.3 is 6.18 Å². The zero-order valence-corrected chi connectivity index (χ0v) is 9.64. The van der Waals surface area contributed by atoms with Crippen LogP contribution in [0, 0.1) is 12.8 Å². The Hall–Kier alpha value is -1.10. The van der Waals surface area contributed by atoms with Gasteiger partial charge < -0.3 is 5.32 Å². The second-order valence-corrected chi connectivity index (χ2v) is 4.56. The molecule has 1 aliphatic rings. The molecule has 1 N–H and O–H groups in total. The lowest BCUT2D eigenvalue weighted by Crippen LogP contribution is -2.13. The third-order valence-corrected chi connectivity index (χ3v) is 2.99. The normalized spacial score (nSPS) is 20.8. The van der Waals surface area contributed by atoms with Gasteiger partial charge in [-0.1, -0.05) is 0 Å². The zero-order chi connectivity index (χ0) is 12.5. The predicted molar refractivity (Wildman–Crippen MR) is 58.7 cm³/mol. The molecular formula is C12H15F3N2.